The molecule has 2 nitrogen and oxygen atoms in total. The summed E-state index contributed by atoms with van der Waals surface area (Å²) in [5, 5.41) is 3.27. The number of thioether (sulfide) groups is 1. The lowest BCUT2D eigenvalue weighted by Crippen LogP contribution is -2.32. The van der Waals surface area contributed by atoms with Gasteiger partial charge in [-0.15, -0.1) is 11.8 Å². The van der Waals surface area contributed by atoms with Gasteiger partial charge in [0.05, 0.1) is 6.61 Å². The Hall–Kier alpha value is -0.510. The zero-order valence-corrected chi connectivity index (χ0v) is 11.1. The number of ether oxygens (including phenoxy) is 1. The highest BCUT2D eigenvalue weighted by molar-refractivity contribution is 7.99. The predicted molar refractivity (Wildman–Crippen MR) is 71.2 cm³/mol. The van der Waals surface area contributed by atoms with E-state index in [4.69, 9.17) is 4.74 Å². The second-order valence-corrected chi connectivity index (χ2v) is 4.86. The van der Waals surface area contributed by atoms with Crippen molar-refractivity contribution in [3.05, 3.63) is 29.8 Å². The second-order valence-electron chi connectivity index (χ2n) is 3.77. The van der Waals surface area contributed by atoms with Crippen LogP contribution in [0.4, 0.5) is 0 Å². The summed E-state index contributed by atoms with van der Waals surface area (Å²) in [7, 11) is 1.99. The van der Waals surface area contributed by atoms with Gasteiger partial charge in [0, 0.05) is 23.3 Å². The van der Waals surface area contributed by atoms with Crippen LogP contribution in [0, 0.1) is 6.92 Å². The lowest BCUT2D eigenvalue weighted by molar-refractivity contribution is 0.131. The SMILES string of the molecule is CCOCC(CSc1ccc(C)cc1)NC. The van der Waals surface area contributed by atoms with Crippen LogP contribution in [0.25, 0.3) is 0 Å². The molecule has 0 aromatic heterocycles. The van der Waals surface area contributed by atoms with Crippen LogP contribution in [0.2, 0.25) is 0 Å². The Kier molecular flexibility index (Phi) is 6.53. The number of likely N-dealkylation sites (N-methyl/N-ethyl adjacent to an activating group) is 1. The minimum absolute atomic E-state index is 0.422. The smallest absolute Gasteiger partial charge is 0.0627 e. The Balaban J connectivity index is 2.34. The van der Waals surface area contributed by atoms with Crippen molar-refractivity contribution in [2.24, 2.45) is 0 Å². The zero-order valence-electron chi connectivity index (χ0n) is 10.3. The molecule has 0 radical (unpaired) electrons. The molecule has 0 bridgehead atoms. The lowest BCUT2D eigenvalue weighted by atomic mass is 10.2. The van der Waals surface area contributed by atoms with Gasteiger partial charge in [-0.3, -0.25) is 0 Å². The van der Waals surface area contributed by atoms with Gasteiger partial charge >= 0.3 is 0 Å². The zero-order chi connectivity index (χ0) is 11.8. The summed E-state index contributed by atoms with van der Waals surface area (Å²) in [5.74, 6) is 1.04. The van der Waals surface area contributed by atoms with Crippen LogP contribution in [0.15, 0.2) is 29.2 Å². The van der Waals surface area contributed by atoms with Crippen LogP contribution in [0.5, 0.6) is 0 Å². The van der Waals surface area contributed by atoms with Crippen molar-refractivity contribution < 1.29 is 4.74 Å². The minimum atomic E-state index is 0.422. The van der Waals surface area contributed by atoms with E-state index < -0.39 is 0 Å². The summed E-state index contributed by atoms with van der Waals surface area (Å²) in [6.45, 7) is 5.71. The normalized spacial score (nSPS) is 12.7. The van der Waals surface area contributed by atoms with Gasteiger partial charge in [0.1, 0.15) is 0 Å². The van der Waals surface area contributed by atoms with Crippen LogP contribution in [0.1, 0.15) is 12.5 Å². The molecule has 0 amide bonds. The largest absolute Gasteiger partial charge is 0.380 e. The van der Waals surface area contributed by atoms with Crippen LogP contribution in [0.3, 0.4) is 0 Å². The maximum atomic E-state index is 5.42. The number of hydrogen-bond donors (Lipinski definition) is 1. The van der Waals surface area contributed by atoms with E-state index in [1.165, 1.54) is 10.5 Å². The first-order valence-electron chi connectivity index (χ1n) is 5.70. The van der Waals surface area contributed by atoms with Crippen molar-refractivity contribution in [3.63, 3.8) is 0 Å². The number of aryl methyl sites for hydroxylation is 1. The fourth-order valence-corrected chi connectivity index (χ4v) is 2.29. The Labute approximate surface area is 103 Å². The van der Waals surface area contributed by atoms with Crippen molar-refractivity contribution >= 4 is 11.8 Å². The van der Waals surface area contributed by atoms with Gasteiger partial charge in [-0.25, -0.2) is 0 Å². The van der Waals surface area contributed by atoms with Crippen LogP contribution >= 0.6 is 11.8 Å². The Morgan fingerprint density at radius 1 is 1.31 bits per heavy atom. The topological polar surface area (TPSA) is 21.3 Å². The fourth-order valence-electron chi connectivity index (χ4n) is 1.31. The third-order valence-electron chi connectivity index (χ3n) is 2.40. The predicted octanol–water partition coefficient (Wildman–Crippen LogP) is 2.71. The first kappa shape index (κ1) is 13.6. The molecule has 3 heteroatoms. The van der Waals surface area contributed by atoms with Crippen LogP contribution < -0.4 is 5.32 Å². The molecule has 0 aliphatic rings. The third kappa shape index (κ3) is 5.01. The average Bonchev–Trinajstić information content (AvgIpc) is 2.32. The summed E-state index contributed by atoms with van der Waals surface area (Å²) in [5.41, 5.74) is 1.31. The van der Waals surface area contributed by atoms with Crippen molar-refractivity contribution in [2.45, 2.75) is 24.8 Å². The van der Waals surface area contributed by atoms with Gasteiger partial charge < -0.3 is 10.1 Å². The van der Waals surface area contributed by atoms with Crippen molar-refractivity contribution in [1.82, 2.24) is 5.32 Å². The van der Waals surface area contributed by atoms with Gasteiger partial charge in [-0.2, -0.15) is 0 Å². The van der Waals surface area contributed by atoms with Gasteiger partial charge in [0.25, 0.3) is 0 Å². The highest BCUT2D eigenvalue weighted by atomic mass is 32.2. The Morgan fingerprint density at radius 3 is 2.56 bits per heavy atom. The van der Waals surface area contributed by atoms with E-state index in [2.05, 4.69) is 36.5 Å². The average molecular weight is 239 g/mol. The number of rotatable bonds is 7. The molecule has 1 aromatic rings. The Bertz CT molecular complexity index is 286. The van der Waals surface area contributed by atoms with Gasteiger partial charge in [0.2, 0.25) is 0 Å². The minimum Gasteiger partial charge on any atom is -0.380 e. The molecule has 16 heavy (non-hydrogen) atoms. The molecule has 1 unspecified atom stereocenters. The van der Waals surface area contributed by atoms with E-state index in [1.54, 1.807) is 0 Å². The first-order valence-corrected chi connectivity index (χ1v) is 6.69. The van der Waals surface area contributed by atoms with Crippen LogP contribution in [-0.4, -0.2) is 32.1 Å². The van der Waals surface area contributed by atoms with Crippen molar-refractivity contribution in [3.8, 4) is 0 Å². The molecule has 0 saturated heterocycles. The molecule has 0 spiro atoms. The van der Waals surface area contributed by atoms with E-state index in [1.807, 2.05) is 25.7 Å². The summed E-state index contributed by atoms with van der Waals surface area (Å²) in [6.07, 6.45) is 0. The molecule has 0 fully saturated rings. The van der Waals surface area contributed by atoms with E-state index in [-0.39, 0.29) is 0 Å². The standard InChI is InChI=1S/C13H21NOS/c1-4-15-9-12(14-3)10-16-13-7-5-11(2)6-8-13/h5-8,12,14H,4,9-10H2,1-3H3. The molecule has 0 heterocycles. The summed E-state index contributed by atoms with van der Waals surface area (Å²) in [6, 6.07) is 9.07. The fraction of sp³-hybridized carbons (Fsp3) is 0.538. The molecule has 0 aliphatic carbocycles. The monoisotopic (exact) mass is 239 g/mol. The third-order valence-corrected chi connectivity index (χ3v) is 3.58. The number of nitrogens with one attached hydrogen (secondary N) is 1. The van der Waals surface area contributed by atoms with Crippen molar-refractivity contribution in [1.29, 1.82) is 0 Å². The molecule has 0 aliphatic heterocycles. The molecule has 0 saturated carbocycles. The molecule has 1 rings (SSSR count). The molecule has 1 N–H and O–H groups in total. The van der Waals surface area contributed by atoms with E-state index >= 15 is 0 Å². The summed E-state index contributed by atoms with van der Waals surface area (Å²) < 4.78 is 5.42. The van der Waals surface area contributed by atoms with Crippen LogP contribution in [-0.2, 0) is 4.74 Å². The molecular formula is C13H21NOS. The van der Waals surface area contributed by atoms with Gasteiger partial charge in [-0.05, 0) is 33.0 Å². The van der Waals surface area contributed by atoms with Gasteiger partial charge in [-0.1, -0.05) is 17.7 Å². The lowest BCUT2D eigenvalue weighted by Gasteiger charge is -2.15. The number of hydrogen-bond acceptors (Lipinski definition) is 3. The first-order chi connectivity index (χ1) is 7.76. The number of benzene rings is 1. The summed E-state index contributed by atoms with van der Waals surface area (Å²) in [4.78, 5) is 1.32. The maximum absolute atomic E-state index is 5.42. The molecule has 1 atom stereocenters. The van der Waals surface area contributed by atoms with Crippen molar-refractivity contribution in [2.75, 3.05) is 26.0 Å². The van der Waals surface area contributed by atoms with Gasteiger partial charge in [0.15, 0.2) is 0 Å². The molecule has 1 aromatic carbocycles. The quantitative estimate of drug-likeness (QED) is 0.739. The molecule has 90 valence electrons. The van der Waals surface area contributed by atoms with E-state index in [9.17, 15) is 0 Å². The van der Waals surface area contributed by atoms with E-state index in [0.29, 0.717) is 6.04 Å². The second kappa shape index (κ2) is 7.71. The maximum Gasteiger partial charge on any atom is 0.0627 e. The van der Waals surface area contributed by atoms with E-state index in [0.717, 1.165) is 19.0 Å². The highest BCUT2D eigenvalue weighted by Gasteiger charge is 2.06. The molecular weight excluding hydrogens is 218 g/mol. The Morgan fingerprint density at radius 2 is 2.00 bits per heavy atom. The highest BCUT2D eigenvalue weighted by Crippen LogP contribution is 2.19. The summed E-state index contributed by atoms with van der Waals surface area (Å²) >= 11 is 1.87.